The van der Waals surface area contributed by atoms with Gasteiger partial charge in [0.2, 0.25) is 0 Å². The summed E-state index contributed by atoms with van der Waals surface area (Å²) in [6.45, 7) is 6.33. The lowest BCUT2D eigenvalue weighted by molar-refractivity contribution is -0.167. The summed E-state index contributed by atoms with van der Waals surface area (Å²) >= 11 is 0. The minimum absolute atomic E-state index is 0.0925. The minimum atomic E-state index is -0.795. The Labute approximate surface area is 504 Å². The molecule has 0 amide bonds. The first kappa shape index (κ1) is 76.8. The van der Waals surface area contributed by atoms with Crippen LogP contribution in [0.4, 0.5) is 0 Å². The summed E-state index contributed by atoms with van der Waals surface area (Å²) in [5.74, 6) is -0.930. The Kier molecular flexibility index (Phi) is 63.9. The average molecular weight is 1130 g/mol. The molecule has 6 nitrogen and oxygen atoms in total. The van der Waals surface area contributed by atoms with Crippen molar-refractivity contribution in [2.24, 2.45) is 0 Å². The van der Waals surface area contributed by atoms with E-state index in [9.17, 15) is 14.4 Å². The third-order valence-electron chi connectivity index (χ3n) is 13.5. The second-order valence-electron chi connectivity index (χ2n) is 21.3. The Morgan fingerprint density at radius 2 is 0.476 bits per heavy atom. The van der Waals surface area contributed by atoms with Gasteiger partial charge < -0.3 is 14.2 Å². The Hall–Kier alpha value is -5.23. The van der Waals surface area contributed by atoms with Gasteiger partial charge in [-0.25, -0.2) is 0 Å². The number of esters is 3. The van der Waals surface area contributed by atoms with Crippen molar-refractivity contribution in [1.82, 2.24) is 0 Å². The summed E-state index contributed by atoms with van der Waals surface area (Å²) in [7, 11) is 0. The zero-order chi connectivity index (χ0) is 59.2. The SMILES string of the molecule is CC/C=C\C/C=C\C/C=C\C/C=C\C/C=C\C/C=C\C/C=C\C/C=C\CCCCCCCCC(=O)OCC(COC(=O)CCCCCCCC)OC(=O)CCCCCCCCCC/C=C\C/C=C\C/C=C\C/C=C\C/C=C\C/C=C\CC. The summed E-state index contributed by atoms with van der Waals surface area (Å²) in [5, 5.41) is 0. The number of hydrogen-bond acceptors (Lipinski definition) is 6. The van der Waals surface area contributed by atoms with Gasteiger partial charge in [-0.2, -0.15) is 0 Å². The van der Waals surface area contributed by atoms with E-state index in [2.05, 4.69) is 191 Å². The molecule has 0 aliphatic heterocycles. The van der Waals surface area contributed by atoms with E-state index in [1.807, 2.05) is 0 Å². The quantitative estimate of drug-likeness (QED) is 0.0261. The molecule has 0 fully saturated rings. The fourth-order valence-electron chi connectivity index (χ4n) is 8.58. The van der Waals surface area contributed by atoms with Crippen molar-refractivity contribution in [2.45, 2.75) is 277 Å². The first-order valence-corrected chi connectivity index (χ1v) is 33.1. The summed E-state index contributed by atoms with van der Waals surface area (Å²) < 4.78 is 16.8. The van der Waals surface area contributed by atoms with E-state index in [-0.39, 0.29) is 31.1 Å². The van der Waals surface area contributed by atoms with E-state index in [0.29, 0.717) is 19.3 Å². The fourth-order valence-corrected chi connectivity index (χ4v) is 8.58. The van der Waals surface area contributed by atoms with Crippen LogP contribution in [0.5, 0.6) is 0 Å². The molecule has 0 aromatic carbocycles. The van der Waals surface area contributed by atoms with E-state index >= 15 is 0 Å². The molecular weight excluding hydrogens is 1010 g/mol. The molecule has 0 spiro atoms. The molecule has 0 radical (unpaired) electrons. The van der Waals surface area contributed by atoms with Crippen molar-refractivity contribution in [3.05, 3.63) is 170 Å². The van der Waals surface area contributed by atoms with Gasteiger partial charge in [-0.05, 0) is 135 Å². The van der Waals surface area contributed by atoms with Crippen molar-refractivity contribution < 1.29 is 28.6 Å². The second kappa shape index (κ2) is 68.3. The molecule has 0 aromatic rings. The molecule has 82 heavy (non-hydrogen) atoms. The van der Waals surface area contributed by atoms with Crippen LogP contribution in [0.3, 0.4) is 0 Å². The lowest BCUT2D eigenvalue weighted by atomic mass is 10.1. The highest BCUT2D eigenvalue weighted by Gasteiger charge is 2.19. The van der Waals surface area contributed by atoms with Crippen LogP contribution < -0.4 is 0 Å². The Morgan fingerprint density at radius 3 is 0.744 bits per heavy atom. The maximum atomic E-state index is 12.9. The van der Waals surface area contributed by atoms with Crippen LogP contribution in [-0.2, 0) is 28.6 Å². The number of unbranched alkanes of at least 4 members (excludes halogenated alkanes) is 19. The van der Waals surface area contributed by atoms with Crippen molar-refractivity contribution in [1.29, 1.82) is 0 Å². The topological polar surface area (TPSA) is 78.9 Å². The lowest BCUT2D eigenvalue weighted by Crippen LogP contribution is -2.30. The van der Waals surface area contributed by atoms with Crippen LogP contribution in [0.25, 0.3) is 0 Å². The maximum Gasteiger partial charge on any atom is 0.306 e. The molecule has 0 aromatic heterocycles. The van der Waals surface area contributed by atoms with Crippen LogP contribution in [0.2, 0.25) is 0 Å². The summed E-state index contributed by atoms with van der Waals surface area (Å²) in [6, 6.07) is 0. The molecule has 0 aliphatic carbocycles. The third kappa shape index (κ3) is 65.6. The number of carbonyl (C=O) groups excluding carboxylic acids is 3. The predicted molar refractivity (Wildman–Crippen MR) is 357 cm³/mol. The highest BCUT2D eigenvalue weighted by molar-refractivity contribution is 5.71. The van der Waals surface area contributed by atoms with Gasteiger partial charge in [-0.3, -0.25) is 14.4 Å². The first-order chi connectivity index (χ1) is 40.5. The fraction of sp³-hybridized carbons (Fsp3) is 0.592. The monoisotopic (exact) mass is 1130 g/mol. The Morgan fingerprint density at radius 1 is 0.256 bits per heavy atom. The van der Waals surface area contributed by atoms with Gasteiger partial charge >= 0.3 is 17.9 Å². The zero-order valence-electron chi connectivity index (χ0n) is 52.7. The van der Waals surface area contributed by atoms with E-state index in [4.69, 9.17) is 14.2 Å². The normalized spacial score (nSPS) is 13.3. The molecule has 0 aliphatic rings. The minimum Gasteiger partial charge on any atom is -0.462 e. The van der Waals surface area contributed by atoms with E-state index in [1.54, 1.807) is 0 Å². The third-order valence-corrected chi connectivity index (χ3v) is 13.5. The first-order valence-electron chi connectivity index (χ1n) is 33.1. The van der Waals surface area contributed by atoms with Gasteiger partial charge in [-0.1, -0.05) is 287 Å². The summed E-state index contributed by atoms with van der Waals surface area (Å²) in [5.41, 5.74) is 0. The van der Waals surface area contributed by atoms with Gasteiger partial charge in [0.15, 0.2) is 6.10 Å². The van der Waals surface area contributed by atoms with Crippen LogP contribution in [-0.4, -0.2) is 37.2 Å². The summed E-state index contributed by atoms with van der Waals surface area (Å²) in [4.78, 5) is 38.1. The van der Waals surface area contributed by atoms with Crippen molar-refractivity contribution in [3.63, 3.8) is 0 Å². The van der Waals surface area contributed by atoms with Gasteiger partial charge in [0.1, 0.15) is 13.2 Å². The molecular formula is C76H120O6. The highest BCUT2D eigenvalue weighted by Crippen LogP contribution is 2.14. The molecule has 6 heteroatoms. The average Bonchev–Trinajstić information content (AvgIpc) is 3.47. The van der Waals surface area contributed by atoms with Gasteiger partial charge in [0.05, 0.1) is 0 Å². The largest absolute Gasteiger partial charge is 0.462 e. The Bertz CT molecular complexity index is 1870. The molecule has 0 heterocycles. The van der Waals surface area contributed by atoms with E-state index in [1.165, 1.54) is 64.2 Å². The van der Waals surface area contributed by atoms with Crippen LogP contribution >= 0.6 is 0 Å². The molecule has 0 rings (SSSR count). The smallest absolute Gasteiger partial charge is 0.306 e. The van der Waals surface area contributed by atoms with Gasteiger partial charge in [-0.15, -0.1) is 0 Å². The lowest BCUT2D eigenvalue weighted by Gasteiger charge is -2.18. The molecule has 1 atom stereocenters. The zero-order valence-corrected chi connectivity index (χ0v) is 52.7. The number of carbonyl (C=O) groups is 3. The van der Waals surface area contributed by atoms with Crippen molar-refractivity contribution >= 4 is 17.9 Å². The van der Waals surface area contributed by atoms with Crippen molar-refractivity contribution in [3.8, 4) is 0 Å². The van der Waals surface area contributed by atoms with E-state index in [0.717, 1.165) is 167 Å². The number of rotatable bonds is 58. The van der Waals surface area contributed by atoms with Crippen LogP contribution in [0, 0.1) is 0 Å². The number of ether oxygens (including phenoxy) is 3. The predicted octanol–water partition coefficient (Wildman–Crippen LogP) is 23.0. The van der Waals surface area contributed by atoms with Crippen LogP contribution in [0.15, 0.2) is 170 Å². The highest BCUT2D eigenvalue weighted by atomic mass is 16.6. The number of hydrogen-bond donors (Lipinski definition) is 0. The van der Waals surface area contributed by atoms with Crippen molar-refractivity contribution in [2.75, 3.05) is 13.2 Å². The maximum absolute atomic E-state index is 12.9. The molecule has 1 unspecified atom stereocenters. The molecule has 0 saturated carbocycles. The summed E-state index contributed by atoms with van der Waals surface area (Å²) in [6.07, 6.45) is 101. The van der Waals surface area contributed by atoms with E-state index < -0.39 is 6.10 Å². The molecule has 0 N–H and O–H groups in total. The number of allylic oxidation sites excluding steroid dienone is 28. The Balaban J connectivity index is 4.19. The van der Waals surface area contributed by atoms with Gasteiger partial charge in [0, 0.05) is 19.3 Å². The molecule has 0 saturated heterocycles. The molecule has 460 valence electrons. The van der Waals surface area contributed by atoms with Crippen LogP contribution in [0.1, 0.15) is 271 Å². The second-order valence-corrected chi connectivity index (χ2v) is 21.3. The molecule has 0 bridgehead atoms. The standard InChI is InChI=1S/C76H120O6/c1-4-7-10-13-16-18-20-22-24-26-28-30-32-34-36-37-38-39-41-42-44-46-48-50-52-54-56-58-60-63-66-69-75(78)81-72-73(71-80-74(77)68-65-62-15-12-9-6-3)82-76(79)70-67-64-61-59-57-55-53-51-49-47-45-43-40-35-33-31-29-27-25-23-21-19-17-14-11-8-5-2/h7-8,10-11,16-19,22-25,28-31,34-36,38-40,42,44-45,47-48,50,73H,4-6,9,12-15,20-21,26-27,32-33,37,41,43,46,49,51-72H2,1-3H3/b10-7-,11-8-,18-16-,19-17-,24-22-,25-23-,30-28-,31-29-,36-34-,39-38-,40-35-,44-42-,47-45-,50-48-. The van der Waals surface area contributed by atoms with Gasteiger partial charge in [0.25, 0.3) is 0 Å².